The Morgan fingerprint density at radius 3 is 2.15 bits per heavy atom. The van der Waals surface area contributed by atoms with Crippen LogP contribution in [0.15, 0.2) is 60.7 Å². The highest BCUT2D eigenvalue weighted by atomic mass is 16.2. The fourth-order valence-corrected chi connectivity index (χ4v) is 3.19. The molecule has 26 heavy (non-hydrogen) atoms. The number of carbonyl (C=O) groups excluding carboxylic acids is 2. The second-order valence-electron chi connectivity index (χ2n) is 6.54. The minimum absolute atomic E-state index is 0.0363. The van der Waals surface area contributed by atoms with Crippen molar-refractivity contribution in [2.45, 2.75) is 31.8 Å². The van der Waals surface area contributed by atoms with E-state index in [-0.39, 0.29) is 11.9 Å². The maximum absolute atomic E-state index is 13.0. The lowest BCUT2D eigenvalue weighted by molar-refractivity contribution is -0.134. The summed E-state index contributed by atoms with van der Waals surface area (Å²) in [6.07, 6.45) is 3.20. The number of piperidine rings is 1. The molecule has 1 fully saturated rings. The highest BCUT2D eigenvalue weighted by Gasteiger charge is 2.28. The summed E-state index contributed by atoms with van der Waals surface area (Å²) >= 11 is 0. The summed E-state index contributed by atoms with van der Waals surface area (Å²) in [7, 11) is 0. The van der Waals surface area contributed by atoms with E-state index in [1.165, 1.54) is 0 Å². The molecule has 2 aromatic carbocycles. The monoisotopic (exact) mass is 351 g/mol. The first kappa shape index (κ1) is 18.0. The maximum Gasteiger partial charge on any atom is 0.315 e. The zero-order valence-electron chi connectivity index (χ0n) is 14.9. The number of hydrogen-bond acceptors (Lipinski definition) is 2. The number of nitrogens with zero attached hydrogens (tertiary/aromatic N) is 1. The van der Waals surface area contributed by atoms with Crippen LogP contribution in [0.2, 0.25) is 0 Å². The van der Waals surface area contributed by atoms with Gasteiger partial charge in [0.25, 0.3) is 0 Å². The van der Waals surface area contributed by atoms with Crippen LogP contribution in [0.1, 0.15) is 36.4 Å². The van der Waals surface area contributed by atoms with E-state index < -0.39 is 6.04 Å². The molecule has 0 aromatic heterocycles. The van der Waals surface area contributed by atoms with Crippen LogP contribution in [-0.4, -0.2) is 29.9 Å². The summed E-state index contributed by atoms with van der Waals surface area (Å²) < 4.78 is 0. The lowest BCUT2D eigenvalue weighted by Gasteiger charge is -2.31. The largest absolute Gasteiger partial charge is 0.341 e. The molecule has 1 atom stereocenters. The smallest absolute Gasteiger partial charge is 0.315 e. The van der Waals surface area contributed by atoms with Gasteiger partial charge < -0.3 is 15.5 Å². The summed E-state index contributed by atoms with van der Waals surface area (Å²) in [5, 5.41) is 5.70. The molecule has 5 heteroatoms. The Morgan fingerprint density at radius 2 is 1.50 bits per heavy atom. The molecule has 0 radical (unpaired) electrons. The number of amides is 3. The van der Waals surface area contributed by atoms with E-state index in [1.54, 1.807) is 0 Å². The predicted octanol–water partition coefficient (Wildman–Crippen LogP) is 3.24. The molecule has 3 rings (SSSR count). The van der Waals surface area contributed by atoms with Crippen molar-refractivity contribution in [1.29, 1.82) is 0 Å². The zero-order chi connectivity index (χ0) is 18.2. The Bertz CT molecular complexity index is 713. The lowest BCUT2D eigenvalue weighted by atomic mass is 10.0. The van der Waals surface area contributed by atoms with Crippen LogP contribution in [0.5, 0.6) is 0 Å². The van der Waals surface area contributed by atoms with Gasteiger partial charge in [-0.25, -0.2) is 4.79 Å². The number of urea groups is 1. The molecular weight excluding hydrogens is 326 g/mol. The number of nitrogens with one attached hydrogen (secondary N) is 2. The molecule has 0 unspecified atom stereocenters. The molecule has 2 N–H and O–H groups in total. The summed E-state index contributed by atoms with van der Waals surface area (Å²) in [6.45, 7) is 1.94. The average molecular weight is 351 g/mol. The summed E-state index contributed by atoms with van der Waals surface area (Å²) in [5.41, 5.74) is 1.82. The van der Waals surface area contributed by atoms with Gasteiger partial charge in [0.2, 0.25) is 5.91 Å². The van der Waals surface area contributed by atoms with Gasteiger partial charge in [-0.1, -0.05) is 60.7 Å². The van der Waals surface area contributed by atoms with Crippen molar-refractivity contribution in [2.75, 3.05) is 13.1 Å². The first-order valence-corrected chi connectivity index (χ1v) is 9.16. The van der Waals surface area contributed by atoms with Crippen molar-refractivity contribution < 1.29 is 9.59 Å². The molecule has 3 amide bonds. The fourth-order valence-electron chi connectivity index (χ4n) is 3.19. The molecule has 136 valence electrons. The summed E-state index contributed by atoms with van der Waals surface area (Å²) in [4.78, 5) is 27.2. The molecule has 0 aliphatic carbocycles. The van der Waals surface area contributed by atoms with Gasteiger partial charge in [0.15, 0.2) is 0 Å². The number of hydrogen-bond donors (Lipinski definition) is 2. The van der Waals surface area contributed by atoms with E-state index in [1.807, 2.05) is 65.6 Å². The van der Waals surface area contributed by atoms with Crippen molar-refractivity contribution in [1.82, 2.24) is 15.5 Å². The Morgan fingerprint density at radius 1 is 0.885 bits per heavy atom. The van der Waals surface area contributed by atoms with Crippen LogP contribution >= 0.6 is 0 Å². The first-order chi connectivity index (χ1) is 12.7. The quantitative estimate of drug-likeness (QED) is 0.869. The highest BCUT2D eigenvalue weighted by molar-refractivity contribution is 5.88. The molecule has 1 aliphatic rings. The van der Waals surface area contributed by atoms with Crippen LogP contribution in [0.4, 0.5) is 4.79 Å². The van der Waals surface area contributed by atoms with Crippen molar-refractivity contribution in [3.05, 3.63) is 71.8 Å². The first-order valence-electron chi connectivity index (χ1n) is 9.16. The minimum atomic E-state index is -0.662. The second kappa shape index (κ2) is 9.04. The topological polar surface area (TPSA) is 61.4 Å². The van der Waals surface area contributed by atoms with Crippen molar-refractivity contribution in [3.8, 4) is 0 Å². The highest BCUT2D eigenvalue weighted by Crippen LogP contribution is 2.19. The van der Waals surface area contributed by atoms with Crippen LogP contribution < -0.4 is 10.6 Å². The van der Waals surface area contributed by atoms with Crippen LogP contribution in [0.3, 0.4) is 0 Å². The summed E-state index contributed by atoms with van der Waals surface area (Å²) in [5.74, 6) is -0.0363. The van der Waals surface area contributed by atoms with Crippen LogP contribution in [0, 0.1) is 0 Å². The van der Waals surface area contributed by atoms with Gasteiger partial charge in [-0.3, -0.25) is 4.79 Å². The Labute approximate surface area is 154 Å². The Balaban J connectivity index is 1.67. The third-order valence-electron chi connectivity index (χ3n) is 4.62. The van der Waals surface area contributed by atoms with Gasteiger partial charge in [-0.15, -0.1) is 0 Å². The van der Waals surface area contributed by atoms with Gasteiger partial charge in [-0.05, 0) is 30.4 Å². The summed E-state index contributed by atoms with van der Waals surface area (Å²) in [6, 6.07) is 18.1. The Hall–Kier alpha value is -2.82. The predicted molar refractivity (Wildman–Crippen MR) is 101 cm³/mol. The maximum atomic E-state index is 13.0. The van der Waals surface area contributed by atoms with Gasteiger partial charge in [0, 0.05) is 19.6 Å². The molecule has 1 saturated heterocycles. The van der Waals surface area contributed by atoms with Gasteiger partial charge in [-0.2, -0.15) is 0 Å². The molecule has 0 spiro atoms. The molecule has 0 bridgehead atoms. The Kier molecular flexibility index (Phi) is 6.25. The van der Waals surface area contributed by atoms with Gasteiger partial charge in [0.05, 0.1) is 0 Å². The minimum Gasteiger partial charge on any atom is -0.341 e. The van der Waals surface area contributed by atoms with E-state index in [2.05, 4.69) is 10.6 Å². The number of benzene rings is 2. The lowest BCUT2D eigenvalue weighted by Crippen LogP contribution is -2.47. The SMILES string of the molecule is O=C(NCc1ccccc1)N[C@H](C(=O)N1CCCCC1)c1ccccc1. The van der Waals surface area contributed by atoms with E-state index in [9.17, 15) is 9.59 Å². The molecule has 5 nitrogen and oxygen atoms in total. The fraction of sp³-hybridized carbons (Fsp3) is 0.333. The van der Waals surface area contributed by atoms with Crippen molar-refractivity contribution in [2.24, 2.45) is 0 Å². The molecular formula is C21H25N3O2. The molecule has 1 aliphatic heterocycles. The standard InChI is InChI=1S/C21H25N3O2/c25-20(24-14-8-3-9-15-24)19(18-12-6-2-7-13-18)23-21(26)22-16-17-10-4-1-5-11-17/h1-2,4-7,10-13,19H,3,8-9,14-16H2,(H2,22,23,26)/t19-/m0/s1. The number of rotatable bonds is 5. The van der Waals surface area contributed by atoms with E-state index in [0.717, 1.165) is 43.5 Å². The van der Waals surface area contributed by atoms with Crippen molar-refractivity contribution in [3.63, 3.8) is 0 Å². The van der Waals surface area contributed by atoms with E-state index in [0.29, 0.717) is 6.54 Å². The van der Waals surface area contributed by atoms with Crippen molar-refractivity contribution >= 4 is 11.9 Å². The zero-order valence-corrected chi connectivity index (χ0v) is 14.9. The average Bonchev–Trinajstić information content (AvgIpc) is 2.72. The molecule has 2 aromatic rings. The molecule has 0 saturated carbocycles. The van der Waals surface area contributed by atoms with Crippen LogP contribution in [-0.2, 0) is 11.3 Å². The van der Waals surface area contributed by atoms with Crippen LogP contribution in [0.25, 0.3) is 0 Å². The van der Waals surface area contributed by atoms with Gasteiger partial charge in [0.1, 0.15) is 6.04 Å². The van der Waals surface area contributed by atoms with Gasteiger partial charge >= 0.3 is 6.03 Å². The van der Waals surface area contributed by atoms with E-state index >= 15 is 0 Å². The normalized spacial score (nSPS) is 15.2. The molecule has 1 heterocycles. The van der Waals surface area contributed by atoms with E-state index in [4.69, 9.17) is 0 Å². The third kappa shape index (κ3) is 4.85. The number of carbonyl (C=O) groups is 2. The second-order valence-corrected chi connectivity index (χ2v) is 6.54. The number of likely N-dealkylation sites (tertiary alicyclic amines) is 1. The third-order valence-corrected chi connectivity index (χ3v) is 4.62.